The predicted octanol–water partition coefficient (Wildman–Crippen LogP) is 6.59. The fraction of sp³-hybridized carbons (Fsp3) is 0.333. The Kier molecular flexibility index (Phi) is 11.2. The first-order chi connectivity index (χ1) is 18.2. The van der Waals surface area contributed by atoms with Crippen LogP contribution >= 0.6 is 0 Å². The van der Waals surface area contributed by atoms with Crippen LogP contribution in [0, 0.1) is 10.8 Å². The van der Waals surface area contributed by atoms with Gasteiger partial charge >= 0.3 is 11.9 Å². The minimum absolute atomic E-state index is 0.116. The number of carbonyl (C=O) groups excluding carboxylic acids is 2. The van der Waals surface area contributed by atoms with E-state index >= 15 is 0 Å². The van der Waals surface area contributed by atoms with Gasteiger partial charge in [0.2, 0.25) is 0 Å². The third-order valence-corrected chi connectivity index (χ3v) is 5.62. The van der Waals surface area contributed by atoms with Crippen molar-refractivity contribution in [3.8, 4) is 11.5 Å². The van der Waals surface area contributed by atoms with Gasteiger partial charge in [-0.25, -0.2) is 0 Å². The number of benzene rings is 3. The van der Waals surface area contributed by atoms with Gasteiger partial charge in [0.15, 0.2) is 11.5 Å². The summed E-state index contributed by atoms with van der Waals surface area (Å²) in [6, 6.07) is 25.2. The number of hydrogen-bond acceptors (Lipinski definition) is 6. The monoisotopic (exact) mass is 531 g/mol. The highest BCUT2D eigenvalue weighted by Crippen LogP contribution is 2.34. The molecule has 0 heterocycles. The van der Waals surface area contributed by atoms with Crippen LogP contribution in [-0.2, 0) is 9.59 Å². The molecule has 0 bridgehead atoms. The topological polar surface area (TPSA) is 84.9 Å². The van der Waals surface area contributed by atoms with Gasteiger partial charge in [-0.05, 0) is 83.0 Å². The molecule has 2 N–H and O–H groups in total. The van der Waals surface area contributed by atoms with Gasteiger partial charge in [0.05, 0.1) is 16.9 Å². The van der Waals surface area contributed by atoms with Crippen molar-refractivity contribution >= 4 is 17.5 Å². The van der Waals surface area contributed by atoms with Crippen molar-refractivity contribution in [3.63, 3.8) is 0 Å². The van der Waals surface area contributed by atoms with Crippen molar-refractivity contribution in [2.75, 3.05) is 13.6 Å². The summed E-state index contributed by atoms with van der Waals surface area (Å²) in [5.74, 6) is -0.631. The SMILES string of the molecule is C=C(c1ccccc1)c1ccccc1.CNCC(O)c1ccc(OC(=O)C(C)(C)C)c(OC(=O)C(C)(C)C)c1. The zero-order valence-corrected chi connectivity index (χ0v) is 24.1. The second kappa shape index (κ2) is 13.9. The first kappa shape index (κ1) is 31.5. The third-order valence-electron chi connectivity index (χ3n) is 5.62. The quantitative estimate of drug-likeness (QED) is 0.264. The van der Waals surface area contributed by atoms with Crippen molar-refractivity contribution in [2.24, 2.45) is 10.8 Å². The van der Waals surface area contributed by atoms with Crippen LogP contribution in [0.25, 0.3) is 5.57 Å². The summed E-state index contributed by atoms with van der Waals surface area (Å²) in [5.41, 5.74) is 2.57. The molecule has 0 saturated carbocycles. The lowest BCUT2D eigenvalue weighted by atomic mass is 9.97. The fourth-order valence-corrected chi connectivity index (χ4v) is 3.16. The molecule has 39 heavy (non-hydrogen) atoms. The van der Waals surface area contributed by atoms with E-state index in [1.807, 2.05) is 36.4 Å². The van der Waals surface area contributed by atoms with E-state index in [9.17, 15) is 14.7 Å². The van der Waals surface area contributed by atoms with Gasteiger partial charge in [-0.2, -0.15) is 0 Å². The summed E-state index contributed by atoms with van der Waals surface area (Å²) < 4.78 is 10.8. The van der Waals surface area contributed by atoms with Gasteiger partial charge in [0, 0.05) is 6.54 Å². The molecular formula is C33H41NO5. The van der Waals surface area contributed by atoms with Crippen LogP contribution < -0.4 is 14.8 Å². The van der Waals surface area contributed by atoms with Crippen LogP contribution in [-0.4, -0.2) is 30.6 Å². The third kappa shape index (κ3) is 9.82. The summed E-state index contributed by atoms with van der Waals surface area (Å²) in [7, 11) is 1.73. The van der Waals surface area contributed by atoms with E-state index in [1.54, 1.807) is 54.7 Å². The van der Waals surface area contributed by atoms with Crippen LogP contribution in [0.2, 0.25) is 0 Å². The Balaban J connectivity index is 0.000000318. The van der Waals surface area contributed by atoms with Gasteiger partial charge < -0.3 is 19.9 Å². The molecule has 3 aromatic carbocycles. The Morgan fingerprint density at radius 3 is 1.62 bits per heavy atom. The van der Waals surface area contributed by atoms with Crippen molar-refractivity contribution in [1.29, 1.82) is 0 Å². The molecule has 6 nitrogen and oxygen atoms in total. The summed E-state index contributed by atoms with van der Waals surface area (Å²) in [6.45, 7) is 14.8. The Morgan fingerprint density at radius 1 is 0.769 bits per heavy atom. The predicted molar refractivity (Wildman–Crippen MR) is 157 cm³/mol. The molecule has 0 aliphatic heterocycles. The molecule has 0 saturated heterocycles. The number of ether oxygens (including phenoxy) is 2. The number of likely N-dealkylation sites (N-methyl/N-ethyl adjacent to an activating group) is 1. The van der Waals surface area contributed by atoms with E-state index < -0.39 is 28.9 Å². The molecule has 0 radical (unpaired) electrons. The van der Waals surface area contributed by atoms with Gasteiger partial charge in [-0.3, -0.25) is 9.59 Å². The van der Waals surface area contributed by atoms with Crippen LogP contribution in [0.15, 0.2) is 85.4 Å². The van der Waals surface area contributed by atoms with Crippen LogP contribution in [0.4, 0.5) is 0 Å². The highest BCUT2D eigenvalue weighted by molar-refractivity contribution is 5.81. The van der Waals surface area contributed by atoms with E-state index in [-0.39, 0.29) is 11.5 Å². The highest BCUT2D eigenvalue weighted by atomic mass is 16.6. The number of aliphatic hydroxyl groups is 1. The van der Waals surface area contributed by atoms with E-state index in [0.29, 0.717) is 12.1 Å². The number of rotatable bonds is 7. The average molecular weight is 532 g/mol. The average Bonchev–Trinajstić information content (AvgIpc) is 2.89. The van der Waals surface area contributed by atoms with Crippen LogP contribution in [0.1, 0.15) is 64.3 Å². The molecular weight excluding hydrogens is 490 g/mol. The number of carbonyl (C=O) groups is 2. The van der Waals surface area contributed by atoms with Crippen molar-refractivity contribution in [2.45, 2.75) is 47.6 Å². The van der Waals surface area contributed by atoms with Crippen LogP contribution in [0.5, 0.6) is 11.5 Å². The fourth-order valence-electron chi connectivity index (χ4n) is 3.16. The molecule has 3 rings (SSSR count). The van der Waals surface area contributed by atoms with E-state index in [0.717, 1.165) is 5.57 Å². The molecule has 0 spiro atoms. The number of hydrogen-bond donors (Lipinski definition) is 2. The van der Waals surface area contributed by atoms with E-state index in [2.05, 4.69) is 36.2 Å². The Morgan fingerprint density at radius 2 is 1.21 bits per heavy atom. The minimum Gasteiger partial charge on any atom is -0.422 e. The molecule has 208 valence electrons. The molecule has 0 aliphatic rings. The minimum atomic E-state index is -0.774. The van der Waals surface area contributed by atoms with E-state index in [1.165, 1.54) is 23.3 Å². The Hall–Kier alpha value is -3.74. The second-order valence-corrected chi connectivity index (χ2v) is 11.3. The number of aliphatic hydroxyl groups excluding tert-OH is 1. The molecule has 6 heteroatoms. The Labute approximate surface area is 232 Å². The summed E-state index contributed by atoms with van der Waals surface area (Å²) in [4.78, 5) is 24.4. The molecule has 1 atom stereocenters. The van der Waals surface area contributed by atoms with Gasteiger partial charge in [0.25, 0.3) is 0 Å². The molecule has 0 amide bonds. The van der Waals surface area contributed by atoms with E-state index in [4.69, 9.17) is 9.47 Å². The standard InChI is InChI=1S/C19H29NO5.C14H12/c1-18(2,3)16(22)24-14-9-8-12(13(21)11-20-7)10-15(14)25-17(23)19(4,5)6;1-12(13-8-4-2-5-9-13)14-10-6-3-7-11-14/h8-10,13,20-21H,11H2,1-7H3;2-11H,1H2. The maximum absolute atomic E-state index is 12.2. The lowest BCUT2D eigenvalue weighted by Gasteiger charge is -2.21. The van der Waals surface area contributed by atoms with Crippen molar-refractivity contribution < 1.29 is 24.2 Å². The van der Waals surface area contributed by atoms with Crippen molar-refractivity contribution in [3.05, 3.63) is 102 Å². The van der Waals surface area contributed by atoms with Gasteiger partial charge in [0.1, 0.15) is 0 Å². The molecule has 0 fully saturated rings. The number of esters is 2. The molecule has 0 aromatic heterocycles. The lowest BCUT2D eigenvalue weighted by Crippen LogP contribution is -2.28. The maximum atomic E-state index is 12.2. The van der Waals surface area contributed by atoms with Crippen molar-refractivity contribution in [1.82, 2.24) is 5.32 Å². The van der Waals surface area contributed by atoms with Crippen LogP contribution in [0.3, 0.4) is 0 Å². The smallest absolute Gasteiger partial charge is 0.316 e. The zero-order valence-electron chi connectivity index (χ0n) is 24.1. The van der Waals surface area contributed by atoms with Gasteiger partial charge in [-0.15, -0.1) is 0 Å². The maximum Gasteiger partial charge on any atom is 0.316 e. The number of nitrogens with one attached hydrogen (secondary N) is 1. The summed E-state index contributed by atoms with van der Waals surface area (Å²) in [6.07, 6.45) is -0.774. The first-order valence-electron chi connectivity index (χ1n) is 12.9. The highest BCUT2D eigenvalue weighted by Gasteiger charge is 2.28. The normalized spacial score (nSPS) is 12.0. The second-order valence-electron chi connectivity index (χ2n) is 11.3. The molecule has 3 aromatic rings. The lowest BCUT2D eigenvalue weighted by molar-refractivity contribution is -0.145. The van der Waals surface area contributed by atoms with Gasteiger partial charge in [-0.1, -0.05) is 73.3 Å². The summed E-state index contributed by atoms with van der Waals surface area (Å²) in [5, 5.41) is 13.0. The first-order valence-corrected chi connectivity index (χ1v) is 12.9. The Bertz CT molecular complexity index is 1200. The molecule has 1 unspecified atom stereocenters. The zero-order chi connectivity index (χ0) is 29.2. The molecule has 0 aliphatic carbocycles. The largest absolute Gasteiger partial charge is 0.422 e. The summed E-state index contributed by atoms with van der Waals surface area (Å²) >= 11 is 0.